The quantitative estimate of drug-likeness (QED) is 0.507. The Kier molecular flexibility index (Phi) is 1.93. The van der Waals surface area contributed by atoms with Gasteiger partial charge in [-0.2, -0.15) is 0 Å². The molecule has 2 bridgehead atoms. The summed E-state index contributed by atoms with van der Waals surface area (Å²) < 4.78 is 1.01. The highest BCUT2D eigenvalue weighted by atomic mass is 127. The van der Waals surface area contributed by atoms with Crippen LogP contribution in [0.5, 0.6) is 0 Å². The van der Waals surface area contributed by atoms with Crippen molar-refractivity contribution in [2.24, 2.45) is 11.8 Å². The zero-order valence-electron chi connectivity index (χ0n) is 6.39. The third kappa shape index (κ3) is 0.998. The van der Waals surface area contributed by atoms with E-state index in [0.29, 0.717) is 0 Å². The second kappa shape index (κ2) is 2.63. The molecule has 0 N–H and O–H groups in total. The average Bonchev–Trinajstić information content (AvgIpc) is 2.04. The first-order valence-corrected chi connectivity index (χ1v) is 5.42. The number of piperidine rings is 2. The van der Waals surface area contributed by atoms with Crippen molar-refractivity contribution >= 4 is 22.6 Å². The Hall–Kier alpha value is 0.690. The van der Waals surface area contributed by atoms with Crippen LogP contribution in [0.15, 0.2) is 0 Å². The number of hydrogen-bond donors (Lipinski definition) is 0. The van der Waals surface area contributed by atoms with Crippen LogP contribution in [0.1, 0.15) is 13.3 Å². The lowest BCUT2D eigenvalue weighted by molar-refractivity contribution is 0.0466. The highest BCUT2D eigenvalue weighted by molar-refractivity contribution is 14.1. The molecule has 1 aliphatic carbocycles. The molecule has 2 aliphatic heterocycles. The van der Waals surface area contributed by atoms with Crippen LogP contribution in [-0.2, 0) is 0 Å². The molecule has 58 valence electrons. The molecule has 10 heavy (non-hydrogen) atoms. The Morgan fingerprint density at radius 3 is 2.40 bits per heavy atom. The van der Waals surface area contributed by atoms with Gasteiger partial charge >= 0.3 is 0 Å². The van der Waals surface area contributed by atoms with Crippen molar-refractivity contribution < 1.29 is 0 Å². The molecule has 3 fully saturated rings. The lowest BCUT2D eigenvalue weighted by Gasteiger charge is -2.51. The van der Waals surface area contributed by atoms with E-state index < -0.39 is 0 Å². The maximum absolute atomic E-state index is 2.63. The number of alkyl halides is 1. The molecule has 2 unspecified atom stereocenters. The van der Waals surface area contributed by atoms with Crippen LogP contribution >= 0.6 is 22.6 Å². The van der Waals surface area contributed by atoms with Crippen molar-refractivity contribution in [2.45, 2.75) is 17.3 Å². The van der Waals surface area contributed by atoms with Crippen molar-refractivity contribution in [2.75, 3.05) is 19.6 Å². The van der Waals surface area contributed by atoms with Gasteiger partial charge in [0, 0.05) is 17.0 Å². The number of halogens is 1. The predicted molar refractivity (Wildman–Crippen MR) is 51.5 cm³/mol. The summed E-state index contributed by atoms with van der Waals surface area (Å²) in [5, 5.41) is 0. The van der Waals surface area contributed by atoms with E-state index in [0.717, 1.165) is 15.8 Å². The van der Waals surface area contributed by atoms with Crippen molar-refractivity contribution in [3.63, 3.8) is 0 Å². The zero-order chi connectivity index (χ0) is 7.14. The van der Waals surface area contributed by atoms with E-state index in [-0.39, 0.29) is 0 Å². The van der Waals surface area contributed by atoms with Gasteiger partial charge in [0.2, 0.25) is 0 Å². The van der Waals surface area contributed by atoms with Crippen LogP contribution in [0.25, 0.3) is 0 Å². The van der Waals surface area contributed by atoms with Crippen LogP contribution in [-0.4, -0.2) is 28.5 Å². The number of fused-ring (bicyclic) bond motifs is 2. The Balaban J connectivity index is 1.93. The van der Waals surface area contributed by atoms with Crippen LogP contribution < -0.4 is 0 Å². The van der Waals surface area contributed by atoms with Gasteiger partial charge in [-0.3, -0.25) is 0 Å². The van der Waals surface area contributed by atoms with Gasteiger partial charge in [-0.1, -0.05) is 29.5 Å². The van der Waals surface area contributed by atoms with Gasteiger partial charge in [-0.25, -0.2) is 0 Å². The van der Waals surface area contributed by atoms with E-state index in [1.807, 2.05) is 0 Å². The van der Waals surface area contributed by atoms with E-state index in [4.69, 9.17) is 0 Å². The molecule has 0 aromatic carbocycles. The lowest BCUT2D eigenvalue weighted by Crippen LogP contribution is -2.55. The van der Waals surface area contributed by atoms with E-state index in [2.05, 4.69) is 34.4 Å². The molecule has 2 heteroatoms. The van der Waals surface area contributed by atoms with Crippen LogP contribution in [0.3, 0.4) is 0 Å². The fourth-order valence-corrected chi connectivity index (χ4v) is 3.23. The highest BCUT2D eigenvalue weighted by Gasteiger charge is 2.44. The minimum atomic E-state index is 1.01. The van der Waals surface area contributed by atoms with Crippen LogP contribution in [0.2, 0.25) is 0 Å². The summed E-state index contributed by atoms with van der Waals surface area (Å²) in [5.41, 5.74) is 0. The highest BCUT2D eigenvalue weighted by Crippen LogP contribution is 2.44. The van der Waals surface area contributed by atoms with Crippen molar-refractivity contribution in [3.8, 4) is 0 Å². The first kappa shape index (κ1) is 7.35. The van der Waals surface area contributed by atoms with E-state index in [1.165, 1.54) is 26.1 Å². The number of rotatable bonds is 1. The molecule has 2 atom stereocenters. The Morgan fingerprint density at radius 2 is 2.00 bits per heavy atom. The average molecular weight is 251 g/mol. The van der Waals surface area contributed by atoms with Crippen molar-refractivity contribution in [1.29, 1.82) is 0 Å². The normalized spacial score (nSPS) is 46.8. The molecule has 3 aliphatic rings. The third-order valence-corrected chi connectivity index (χ3v) is 4.97. The summed E-state index contributed by atoms with van der Waals surface area (Å²) in [6.07, 6.45) is 1.52. The zero-order valence-corrected chi connectivity index (χ0v) is 8.54. The lowest BCUT2D eigenvalue weighted by atomic mass is 9.71. The SMILES string of the molecule is CCN1CC2CC(C1)C2I. The minimum Gasteiger partial charge on any atom is -0.303 e. The maximum Gasteiger partial charge on any atom is 0.0191 e. The Morgan fingerprint density at radius 1 is 1.40 bits per heavy atom. The summed E-state index contributed by atoms with van der Waals surface area (Å²) in [4.78, 5) is 2.59. The van der Waals surface area contributed by atoms with E-state index in [1.54, 1.807) is 0 Å². The van der Waals surface area contributed by atoms with E-state index in [9.17, 15) is 0 Å². The second-order valence-electron chi connectivity index (χ2n) is 3.55. The molecule has 0 aromatic rings. The molecule has 1 saturated carbocycles. The molecule has 0 amide bonds. The van der Waals surface area contributed by atoms with Gasteiger partial charge in [-0.05, 0) is 24.8 Å². The standard InChI is InChI=1S/C8H14IN/c1-2-10-4-6-3-7(5-10)8(6)9/h6-8H,2-5H2,1H3. The topological polar surface area (TPSA) is 3.24 Å². The first-order chi connectivity index (χ1) is 4.81. The Labute approximate surface area is 76.3 Å². The molecule has 3 rings (SSSR count). The summed E-state index contributed by atoms with van der Waals surface area (Å²) >= 11 is 2.63. The van der Waals surface area contributed by atoms with E-state index >= 15 is 0 Å². The predicted octanol–water partition coefficient (Wildman–Crippen LogP) is 1.76. The van der Waals surface area contributed by atoms with Gasteiger partial charge < -0.3 is 4.90 Å². The molecule has 0 spiro atoms. The number of hydrogen-bond acceptors (Lipinski definition) is 1. The summed E-state index contributed by atoms with van der Waals surface area (Å²) in [7, 11) is 0. The van der Waals surface area contributed by atoms with Gasteiger partial charge in [0.1, 0.15) is 0 Å². The van der Waals surface area contributed by atoms with Gasteiger partial charge in [0.05, 0.1) is 0 Å². The Bertz CT molecular complexity index is 125. The molecule has 2 heterocycles. The van der Waals surface area contributed by atoms with Gasteiger partial charge in [0.25, 0.3) is 0 Å². The van der Waals surface area contributed by atoms with Gasteiger partial charge in [-0.15, -0.1) is 0 Å². The first-order valence-electron chi connectivity index (χ1n) is 4.17. The fraction of sp³-hybridized carbons (Fsp3) is 1.00. The molecule has 1 nitrogen and oxygen atoms in total. The monoisotopic (exact) mass is 251 g/mol. The fourth-order valence-electron chi connectivity index (χ4n) is 2.18. The van der Waals surface area contributed by atoms with Crippen molar-refractivity contribution in [3.05, 3.63) is 0 Å². The largest absolute Gasteiger partial charge is 0.303 e. The summed E-state index contributed by atoms with van der Waals surface area (Å²) in [6.45, 7) is 6.28. The summed E-state index contributed by atoms with van der Waals surface area (Å²) in [6, 6.07) is 0. The molecule has 0 aromatic heterocycles. The minimum absolute atomic E-state index is 1.01. The second-order valence-corrected chi connectivity index (χ2v) is 4.99. The van der Waals surface area contributed by atoms with Crippen molar-refractivity contribution in [1.82, 2.24) is 4.90 Å². The van der Waals surface area contributed by atoms with Gasteiger partial charge in [0.15, 0.2) is 0 Å². The molecular weight excluding hydrogens is 237 g/mol. The molecule has 2 saturated heterocycles. The third-order valence-electron chi connectivity index (χ3n) is 2.94. The van der Waals surface area contributed by atoms with Crippen LogP contribution in [0, 0.1) is 11.8 Å². The molecule has 0 radical (unpaired) electrons. The number of nitrogens with zero attached hydrogens (tertiary/aromatic N) is 1. The molecular formula is C8H14IN. The van der Waals surface area contributed by atoms with Crippen LogP contribution in [0.4, 0.5) is 0 Å². The maximum atomic E-state index is 2.63. The summed E-state index contributed by atoms with van der Waals surface area (Å²) in [5.74, 6) is 2.08. The smallest absolute Gasteiger partial charge is 0.0191 e.